The van der Waals surface area contributed by atoms with Gasteiger partial charge in [-0.2, -0.15) is 8.78 Å². The maximum Gasteiger partial charge on any atom is 0.387 e. The van der Waals surface area contributed by atoms with E-state index in [1.54, 1.807) is 31.5 Å². The topological polar surface area (TPSA) is 70.4 Å². The van der Waals surface area contributed by atoms with Gasteiger partial charge in [-0.15, -0.1) is 0 Å². The second-order valence-electron chi connectivity index (χ2n) is 6.88. The Bertz CT molecular complexity index is 1210. The van der Waals surface area contributed by atoms with E-state index in [1.807, 2.05) is 30.5 Å². The fourth-order valence-electron chi connectivity index (χ4n) is 3.44. The minimum atomic E-state index is -2.98. The number of anilines is 2. The van der Waals surface area contributed by atoms with Crippen molar-refractivity contribution in [1.29, 1.82) is 0 Å². The standard InChI is InChI=1S/C23H22F2N4O3/c1-30-12-11-29-14-17(16-5-3-4-6-20(16)29)18-9-10-26-23(27-18)28-19-8-7-15(31-2)13-21(19)32-22(24)25/h3-10,13-14,22H,11-12H2,1-2H3,(H,26,27,28). The quantitative estimate of drug-likeness (QED) is 0.391. The molecule has 2 aromatic heterocycles. The lowest BCUT2D eigenvalue weighted by Crippen LogP contribution is -2.06. The van der Waals surface area contributed by atoms with Crippen LogP contribution >= 0.6 is 0 Å². The molecular formula is C23H22F2N4O3. The zero-order valence-corrected chi connectivity index (χ0v) is 17.6. The third-order valence-corrected chi connectivity index (χ3v) is 4.91. The smallest absolute Gasteiger partial charge is 0.387 e. The van der Waals surface area contributed by atoms with E-state index in [1.165, 1.54) is 13.2 Å². The van der Waals surface area contributed by atoms with Crippen molar-refractivity contribution in [3.8, 4) is 22.8 Å². The van der Waals surface area contributed by atoms with E-state index in [-0.39, 0.29) is 11.7 Å². The number of methoxy groups -OCH3 is 2. The molecule has 4 rings (SSSR count). The van der Waals surface area contributed by atoms with Crippen LogP contribution in [0.1, 0.15) is 0 Å². The molecule has 0 spiro atoms. The normalized spacial score (nSPS) is 11.2. The zero-order chi connectivity index (χ0) is 22.5. The minimum absolute atomic E-state index is 0.0653. The largest absolute Gasteiger partial charge is 0.497 e. The van der Waals surface area contributed by atoms with Gasteiger partial charge in [-0.25, -0.2) is 9.97 Å². The first-order valence-corrected chi connectivity index (χ1v) is 9.89. The Morgan fingerprint density at radius 1 is 1.09 bits per heavy atom. The average molecular weight is 440 g/mol. The van der Waals surface area contributed by atoms with Crippen molar-refractivity contribution in [1.82, 2.24) is 14.5 Å². The van der Waals surface area contributed by atoms with Gasteiger partial charge in [0.05, 0.1) is 25.1 Å². The maximum absolute atomic E-state index is 12.9. The molecule has 32 heavy (non-hydrogen) atoms. The average Bonchev–Trinajstić information content (AvgIpc) is 3.17. The van der Waals surface area contributed by atoms with Gasteiger partial charge in [0.1, 0.15) is 5.75 Å². The predicted molar refractivity (Wildman–Crippen MR) is 118 cm³/mol. The molecule has 2 heterocycles. The van der Waals surface area contributed by atoms with Crippen molar-refractivity contribution in [2.75, 3.05) is 26.1 Å². The van der Waals surface area contributed by atoms with Crippen molar-refractivity contribution < 1.29 is 23.0 Å². The van der Waals surface area contributed by atoms with Crippen LogP contribution in [0, 0.1) is 0 Å². The second-order valence-corrected chi connectivity index (χ2v) is 6.88. The summed E-state index contributed by atoms with van der Waals surface area (Å²) in [5, 5.41) is 4.01. The van der Waals surface area contributed by atoms with Gasteiger partial charge in [0, 0.05) is 48.6 Å². The zero-order valence-electron chi connectivity index (χ0n) is 17.6. The number of ether oxygens (including phenoxy) is 3. The Morgan fingerprint density at radius 3 is 2.72 bits per heavy atom. The van der Waals surface area contributed by atoms with Crippen molar-refractivity contribution in [2.24, 2.45) is 0 Å². The molecular weight excluding hydrogens is 418 g/mol. The molecule has 0 unspecified atom stereocenters. The molecule has 0 atom stereocenters. The number of benzene rings is 2. The van der Waals surface area contributed by atoms with E-state index < -0.39 is 6.61 Å². The van der Waals surface area contributed by atoms with Gasteiger partial charge in [-0.1, -0.05) is 18.2 Å². The number of hydrogen-bond donors (Lipinski definition) is 1. The van der Waals surface area contributed by atoms with E-state index in [9.17, 15) is 8.78 Å². The van der Waals surface area contributed by atoms with Crippen LogP contribution in [0.4, 0.5) is 20.4 Å². The van der Waals surface area contributed by atoms with E-state index in [4.69, 9.17) is 9.47 Å². The first-order chi connectivity index (χ1) is 15.6. The summed E-state index contributed by atoms with van der Waals surface area (Å²) < 4.78 is 42.8. The van der Waals surface area contributed by atoms with Gasteiger partial charge < -0.3 is 24.1 Å². The van der Waals surface area contributed by atoms with Crippen LogP contribution in [0.5, 0.6) is 11.5 Å². The Labute approximate surface area is 183 Å². The van der Waals surface area contributed by atoms with Crippen molar-refractivity contribution >= 4 is 22.5 Å². The summed E-state index contributed by atoms with van der Waals surface area (Å²) in [6.07, 6.45) is 3.64. The highest BCUT2D eigenvalue weighted by Crippen LogP contribution is 2.33. The number of alkyl halides is 2. The summed E-state index contributed by atoms with van der Waals surface area (Å²) in [4.78, 5) is 8.84. The van der Waals surface area contributed by atoms with Crippen LogP contribution in [0.15, 0.2) is 60.9 Å². The van der Waals surface area contributed by atoms with Crippen LogP contribution in [-0.4, -0.2) is 42.0 Å². The monoisotopic (exact) mass is 440 g/mol. The summed E-state index contributed by atoms with van der Waals surface area (Å²) in [6.45, 7) is -1.69. The summed E-state index contributed by atoms with van der Waals surface area (Å²) in [7, 11) is 3.12. The number of nitrogens with zero attached hydrogens (tertiary/aromatic N) is 3. The fraction of sp³-hybridized carbons (Fsp3) is 0.217. The van der Waals surface area contributed by atoms with E-state index in [2.05, 4.69) is 24.6 Å². The molecule has 0 aliphatic rings. The number of halogens is 2. The van der Waals surface area contributed by atoms with Crippen molar-refractivity contribution in [3.63, 3.8) is 0 Å². The first-order valence-electron chi connectivity index (χ1n) is 9.89. The molecule has 1 N–H and O–H groups in total. The molecule has 2 aromatic carbocycles. The lowest BCUT2D eigenvalue weighted by molar-refractivity contribution is -0.0494. The number of hydrogen-bond acceptors (Lipinski definition) is 6. The Morgan fingerprint density at radius 2 is 1.94 bits per heavy atom. The van der Waals surface area contributed by atoms with Crippen LogP contribution < -0.4 is 14.8 Å². The van der Waals surface area contributed by atoms with Crippen LogP contribution in [-0.2, 0) is 11.3 Å². The molecule has 0 saturated carbocycles. The Kier molecular flexibility index (Phi) is 6.46. The molecule has 0 bridgehead atoms. The third kappa shape index (κ3) is 4.62. The molecule has 0 amide bonds. The lowest BCUT2D eigenvalue weighted by atomic mass is 10.1. The molecule has 0 radical (unpaired) electrons. The minimum Gasteiger partial charge on any atom is -0.497 e. The summed E-state index contributed by atoms with van der Waals surface area (Å²) in [6, 6.07) is 14.4. The van der Waals surface area contributed by atoms with Crippen molar-refractivity contribution in [3.05, 3.63) is 60.9 Å². The third-order valence-electron chi connectivity index (χ3n) is 4.91. The first kappa shape index (κ1) is 21.5. The van der Waals surface area contributed by atoms with Crippen molar-refractivity contribution in [2.45, 2.75) is 13.2 Å². The van der Waals surface area contributed by atoms with E-state index in [0.717, 1.165) is 16.5 Å². The number of rotatable bonds is 9. The summed E-state index contributed by atoms with van der Waals surface area (Å²) in [5.74, 6) is 0.578. The van der Waals surface area contributed by atoms with Gasteiger partial charge in [0.25, 0.3) is 0 Å². The number of para-hydroxylation sites is 1. The highest BCUT2D eigenvalue weighted by molar-refractivity contribution is 5.95. The molecule has 0 aliphatic carbocycles. The van der Waals surface area contributed by atoms with Gasteiger partial charge in [-0.3, -0.25) is 0 Å². The summed E-state index contributed by atoms with van der Waals surface area (Å²) >= 11 is 0. The summed E-state index contributed by atoms with van der Waals surface area (Å²) in [5.41, 5.74) is 2.99. The number of fused-ring (bicyclic) bond motifs is 1. The molecule has 4 aromatic rings. The molecule has 166 valence electrons. The van der Waals surface area contributed by atoms with Crippen LogP contribution in [0.2, 0.25) is 0 Å². The number of aromatic nitrogens is 3. The highest BCUT2D eigenvalue weighted by Gasteiger charge is 2.15. The van der Waals surface area contributed by atoms with E-state index in [0.29, 0.717) is 30.3 Å². The lowest BCUT2D eigenvalue weighted by Gasteiger charge is -2.13. The molecule has 0 fully saturated rings. The van der Waals surface area contributed by atoms with Gasteiger partial charge in [0.15, 0.2) is 5.75 Å². The Hall–Kier alpha value is -3.72. The van der Waals surface area contributed by atoms with Crippen LogP contribution in [0.25, 0.3) is 22.2 Å². The molecule has 0 saturated heterocycles. The van der Waals surface area contributed by atoms with Gasteiger partial charge in [-0.05, 0) is 24.3 Å². The van der Waals surface area contributed by atoms with E-state index >= 15 is 0 Å². The Balaban J connectivity index is 1.69. The van der Waals surface area contributed by atoms with Gasteiger partial charge >= 0.3 is 6.61 Å². The van der Waals surface area contributed by atoms with Gasteiger partial charge in [0.2, 0.25) is 5.95 Å². The molecule has 0 aliphatic heterocycles. The number of nitrogens with one attached hydrogen (secondary N) is 1. The predicted octanol–water partition coefficient (Wildman–Crippen LogP) is 5.10. The maximum atomic E-state index is 12.9. The second kappa shape index (κ2) is 9.61. The molecule has 7 nitrogen and oxygen atoms in total. The van der Waals surface area contributed by atoms with Crippen LogP contribution in [0.3, 0.4) is 0 Å². The fourth-order valence-corrected chi connectivity index (χ4v) is 3.44. The SMILES string of the molecule is COCCn1cc(-c2ccnc(Nc3ccc(OC)cc3OC(F)F)n2)c2ccccc21. The highest BCUT2D eigenvalue weighted by atomic mass is 19.3. The molecule has 9 heteroatoms.